The lowest BCUT2D eigenvalue weighted by Crippen LogP contribution is -2.21. The quantitative estimate of drug-likeness (QED) is 0.373. The monoisotopic (exact) mass is 424 g/mol. The molecule has 8 heteroatoms. The molecule has 0 bridgehead atoms. The molecule has 1 aliphatic heterocycles. The minimum atomic E-state index is -0.622. The molecule has 1 atom stereocenters. The van der Waals surface area contributed by atoms with E-state index in [9.17, 15) is 10.1 Å². The molecular weight excluding hydrogens is 408 g/mol. The number of ether oxygens (including phenoxy) is 2. The number of aromatic amines is 1. The van der Waals surface area contributed by atoms with Crippen LogP contribution in [0.15, 0.2) is 88.9 Å². The Morgan fingerprint density at radius 3 is 2.72 bits per heavy atom. The van der Waals surface area contributed by atoms with Gasteiger partial charge in [0, 0.05) is 0 Å². The molecule has 0 spiro atoms. The molecule has 0 radical (unpaired) electrons. The van der Waals surface area contributed by atoms with E-state index < -0.39 is 11.9 Å². The van der Waals surface area contributed by atoms with Gasteiger partial charge in [0.25, 0.3) is 0 Å². The summed E-state index contributed by atoms with van der Waals surface area (Å²) < 4.78 is 16.2. The van der Waals surface area contributed by atoms with Gasteiger partial charge in [0.05, 0.1) is 23.4 Å². The van der Waals surface area contributed by atoms with Crippen molar-refractivity contribution in [3.8, 4) is 29.0 Å². The number of hydrogen-bond donors (Lipinski definition) is 2. The molecule has 0 fully saturated rings. The highest BCUT2D eigenvalue weighted by atomic mass is 16.5. The lowest BCUT2D eigenvalue weighted by atomic mass is 9.83. The summed E-state index contributed by atoms with van der Waals surface area (Å²) >= 11 is 0. The fourth-order valence-corrected chi connectivity index (χ4v) is 3.71. The molecule has 0 saturated carbocycles. The number of nitrogens with zero attached hydrogens (tertiary/aromatic N) is 2. The molecule has 3 N–H and O–H groups in total. The Morgan fingerprint density at radius 2 is 1.97 bits per heavy atom. The molecule has 32 heavy (non-hydrogen) atoms. The number of H-pyrrole nitrogens is 1. The summed E-state index contributed by atoms with van der Waals surface area (Å²) in [6, 6.07) is 21.8. The van der Waals surface area contributed by atoms with Crippen LogP contribution in [0.1, 0.15) is 27.6 Å². The second-order valence-electron chi connectivity index (χ2n) is 7.05. The molecule has 0 unspecified atom stereocenters. The molecule has 2 aromatic carbocycles. The number of carbonyl (C=O) groups is 1. The van der Waals surface area contributed by atoms with E-state index in [1.54, 1.807) is 24.3 Å². The summed E-state index contributed by atoms with van der Waals surface area (Å²) in [5.74, 6) is -0.523. The summed E-state index contributed by atoms with van der Waals surface area (Å²) in [4.78, 5) is 12.3. The Balaban J connectivity index is 1.60. The molecule has 156 valence electrons. The number of allylic oxidation sites excluding steroid dienone is 1. The number of nitrogens with two attached hydrogens (primary N) is 1. The Bertz CT molecular complexity index is 1360. The number of carbonyl (C=O) groups excluding carboxylic acids is 1. The zero-order valence-corrected chi connectivity index (χ0v) is 16.6. The molecule has 0 amide bonds. The van der Waals surface area contributed by atoms with Gasteiger partial charge in [0.2, 0.25) is 17.5 Å². The van der Waals surface area contributed by atoms with Crippen molar-refractivity contribution in [3.05, 3.63) is 101 Å². The van der Waals surface area contributed by atoms with Crippen LogP contribution in [0.3, 0.4) is 0 Å². The number of nitriles is 1. The maximum atomic E-state index is 12.3. The van der Waals surface area contributed by atoms with Crippen LogP contribution in [0, 0.1) is 11.3 Å². The first kappa shape index (κ1) is 19.2. The first-order valence-electron chi connectivity index (χ1n) is 9.72. The molecule has 5 rings (SSSR count). The van der Waals surface area contributed by atoms with E-state index in [0.717, 1.165) is 5.56 Å². The minimum absolute atomic E-state index is 0.0194. The van der Waals surface area contributed by atoms with Crippen molar-refractivity contribution in [2.24, 2.45) is 5.73 Å². The molecule has 0 aliphatic carbocycles. The van der Waals surface area contributed by atoms with Crippen LogP contribution in [-0.4, -0.2) is 16.2 Å². The van der Waals surface area contributed by atoms with E-state index in [4.69, 9.17) is 19.6 Å². The zero-order valence-electron chi connectivity index (χ0n) is 16.6. The topological polar surface area (TPSA) is 127 Å². The average molecular weight is 424 g/mol. The molecule has 0 saturated heterocycles. The number of aromatic nitrogens is 2. The SMILES string of the molecule is N#CC1=C(N)Oc2n[nH]c(-c3ccccc3)c2[C@H]1c1cccc(OC(=O)c2ccco2)c1. The highest BCUT2D eigenvalue weighted by Crippen LogP contribution is 2.46. The van der Waals surface area contributed by atoms with Gasteiger partial charge in [0.15, 0.2) is 0 Å². The van der Waals surface area contributed by atoms with Crippen LogP contribution in [0.4, 0.5) is 0 Å². The van der Waals surface area contributed by atoms with Crippen LogP contribution < -0.4 is 15.2 Å². The summed E-state index contributed by atoms with van der Waals surface area (Å²) in [6.07, 6.45) is 1.40. The van der Waals surface area contributed by atoms with E-state index in [2.05, 4.69) is 16.3 Å². The van der Waals surface area contributed by atoms with Crippen molar-refractivity contribution < 1.29 is 18.7 Å². The second-order valence-corrected chi connectivity index (χ2v) is 7.05. The van der Waals surface area contributed by atoms with Gasteiger partial charge in [-0.05, 0) is 35.4 Å². The third-order valence-electron chi connectivity index (χ3n) is 5.13. The van der Waals surface area contributed by atoms with Gasteiger partial charge in [0.1, 0.15) is 17.4 Å². The number of benzene rings is 2. The highest BCUT2D eigenvalue weighted by Gasteiger charge is 2.35. The van der Waals surface area contributed by atoms with Crippen LogP contribution >= 0.6 is 0 Å². The molecule has 3 heterocycles. The van der Waals surface area contributed by atoms with E-state index in [0.29, 0.717) is 28.5 Å². The first-order valence-corrected chi connectivity index (χ1v) is 9.72. The van der Waals surface area contributed by atoms with Crippen molar-refractivity contribution >= 4 is 5.97 Å². The number of fused-ring (bicyclic) bond motifs is 1. The van der Waals surface area contributed by atoms with Crippen LogP contribution in [-0.2, 0) is 0 Å². The maximum Gasteiger partial charge on any atom is 0.379 e. The lowest BCUT2D eigenvalue weighted by molar-refractivity contribution is 0.0701. The highest BCUT2D eigenvalue weighted by molar-refractivity contribution is 5.88. The summed E-state index contributed by atoms with van der Waals surface area (Å²) in [5.41, 5.74) is 9.25. The second kappa shape index (κ2) is 7.81. The number of furan rings is 1. The van der Waals surface area contributed by atoms with E-state index in [1.807, 2.05) is 36.4 Å². The Labute approximate surface area is 182 Å². The van der Waals surface area contributed by atoms with Crippen LogP contribution in [0.5, 0.6) is 11.6 Å². The molecule has 8 nitrogen and oxygen atoms in total. The number of nitrogens with one attached hydrogen (secondary N) is 1. The third-order valence-corrected chi connectivity index (χ3v) is 5.13. The number of hydrogen-bond acceptors (Lipinski definition) is 7. The fraction of sp³-hybridized carbons (Fsp3) is 0.0417. The normalized spacial score (nSPS) is 14.9. The molecular formula is C24H16N4O4. The molecule has 2 aromatic heterocycles. The average Bonchev–Trinajstić information content (AvgIpc) is 3.49. The Hall–Kier alpha value is -4.77. The van der Waals surface area contributed by atoms with Crippen molar-refractivity contribution in [2.75, 3.05) is 0 Å². The summed E-state index contributed by atoms with van der Waals surface area (Å²) in [6.45, 7) is 0. The van der Waals surface area contributed by atoms with Gasteiger partial charge in [-0.2, -0.15) is 5.26 Å². The fourth-order valence-electron chi connectivity index (χ4n) is 3.71. The molecule has 1 aliphatic rings. The standard InChI is InChI=1S/C24H16N4O4/c25-13-17-19(15-8-4-9-16(12-15)31-24(29)18-10-5-11-30-18)20-21(14-6-2-1-3-7-14)27-28-23(20)32-22(17)26/h1-12,19H,26H2,(H,27,28)/t19-/m0/s1. The van der Waals surface area contributed by atoms with Crippen molar-refractivity contribution in [1.29, 1.82) is 5.26 Å². The maximum absolute atomic E-state index is 12.3. The van der Waals surface area contributed by atoms with Gasteiger partial charge < -0.3 is 19.6 Å². The predicted octanol–water partition coefficient (Wildman–Crippen LogP) is 4.11. The number of esters is 1. The van der Waals surface area contributed by atoms with Gasteiger partial charge >= 0.3 is 5.97 Å². The van der Waals surface area contributed by atoms with E-state index in [-0.39, 0.29) is 17.2 Å². The van der Waals surface area contributed by atoms with Crippen LogP contribution in [0.25, 0.3) is 11.3 Å². The van der Waals surface area contributed by atoms with E-state index in [1.165, 1.54) is 12.3 Å². The van der Waals surface area contributed by atoms with Crippen molar-refractivity contribution in [1.82, 2.24) is 10.2 Å². The first-order chi connectivity index (χ1) is 15.7. The zero-order chi connectivity index (χ0) is 22.1. The minimum Gasteiger partial charge on any atom is -0.457 e. The van der Waals surface area contributed by atoms with Gasteiger partial charge in [-0.1, -0.05) is 42.5 Å². The van der Waals surface area contributed by atoms with Gasteiger partial charge in [-0.15, -0.1) is 5.10 Å². The van der Waals surface area contributed by atoms with Crippen LogP contribution in [0.2, 0.25) is 0 Å². The van der Waals surface area contributed by atoms with Gasteiger partial charge in [-0.25, -0.2) is 4.79 Å². The van der Waals surface area contributed by atoms with E-state index >= 15 is 0 Å². The number of rotatable bonds is 4. The lowest BCUT2D eigenvalue weighted by Gasteiger charge is -2.24. The molecule has 4 aromatic rings. The van der Waals surface area contributed by atoms with Gasteiger partial charge in [-0.3, -0.25) is 5.10 Å². The Morgan fingerprint density at radius 1 is 1.12 bits per heavy atom. The largest absolute Gasteiger partial charge is 0.457 e. The third kappa shape index (κ3) is 3.28. The van der Waals surface area contributed by atoms with Crippen molar-refractivity contribution in [3.63, 3.8) is 0 Å². The smallest absolute Gasteiger partial charge is 0.379 e. The Kier molecular flexibility index (Phi) is 4.69. The summed E-state index contributed by atoms with van der Waals surface area (Å²) in [5, 5.41) is 17.1. The summed E-state index contributed by atoms with van der Waals surface area (Å²) in [7, 11) is 0. The van der Waals surface area contributed by atoms with Crippen molar-refractivity contribution in [2.45, 2.75) is 5.92 Å². The predicted molar refractivity (Wildman–Crippen MR) is 113 cm³/mol.